The smallest absolute Gasteiger partial charge is 0.338 e. The lowest BCUT2D eigenvalue weighted by Gasteiger charge is -2.23. The molecule has 1 fully saturated rings. The van der Waals surface area contributed by atoms with Crippen molar-refractivity contribution in [1.29, 1.82) is 0 Å². The van der Waals surface area contributed by atoms with Gasteiger partial charge in [0.15, 0.2) is 0 Å². The number of amides is 2. The van der Waals surface area contributed by atoms with E-state index >= 15 is 0 Å². The lowest BCUT2D eigenvalue weighted by molar-refractivity contribution is -0.127. The summed E-state index contributed by atoms with van der Waals surface area (Å²) in [4.78, 5) is 48.1. The fourth-order valence-corrected chi connectivity index (χ4v) is 2.57. The standard InChI is InChI=1S/C18H23N3O6/c1-3-26-17(24)11-7-12(18(25)27-4-2)9-13(8-11)21-15(22)10-14-16(23)20-6-5-19-14/h7-9,14,19H,3-6,10H2,1-2H3,(H,20,23)(H,21,22)/t14-/m0/s1. The molecule has 9 heteroatoms. The van der Waals surface area contributed by atoms with Crippen molar-refractivity contribution in [2.24, 2.45) is 0 Å². The van der Waals surface area contributed by atoms with Crippen LogP contribution in [0.15, 0.2) is 18.2 Å². The molecule has 9 nitrogen and oxygen atoms in total. The van der Waals surface area contributed by atoms with E-state index in [1.807, 2.05) is 0 Å². The largest absolute Gasteiger partial charge is 0.462 e. The van der Waals surface area contributed by atoms with E-state index < -0.39 is 23.9 Å². The van der Waals surface area contributed by atoms with Crippen LogP contribution in [-0.2, 0) is 19.1 Å². The molecule has 1 aromatic rings. The number of rotatable bonds is 7. The van der Waals surface area contributed by atoms with Gasteiger partial charge < -0.3 is 25.4 Å². The van der Waals surface area contributed by atoms with Gasteiger partial charge in [-0.25, -0.2) is 9.59 Å². The molecule has 2 rings (SSSR count). The van der Waals surface area contributed by atoms with Crippen LogP contribution in [0.25, 0.3) is 0 Å². The van der Waals surface area contributed by atoms with Crippen LogP contribution in [0.3, 0.4) is 0 Å². The van der Waals surface area contributed by atoms with Crippen LogP contribution in [0.1, 0.15) is 41.0 Å². The molecule has 1 aromatic carbocycles. The Morgan fingerprint density at radius 3 is 2.15 bits per heavy atom. The van der Waals surface area contributed by atoms with E-state index in [9.17, 15) is 19.2 Å². The van der Waals surface area contributed by atoms with Gasteiger partial charge in [-0.2, -0.15) is 0 Å². The molecule has 1 saturated heterocycles. The van der Waals surface area contributed by atoms with Crippen molar-refractivity contribution in [3.63, 3.8) is 0 Å². The zero-order valence-electron chi connectivity index (χ0n) is 15.3. The van der Waals surface area contributed by atoms with E-state index in [0.29, 0.717) is 13.1 Å². The molecule has 1 heterocycles. The first-order valence-electron chi connectivity index (χ1n) is 8.74. The predicted octanol–water partition coefficient (Wildman–Crippen LogP) is 0.457. The Hall–Kier alpha value is -2.94. The first-order chi connectivity index (χ1) is 12.9. The Morgan fingerprint density at radius 2 is 1.63 bits per heavy atom. The van der Waals surface area contributed by atoms with Gasteiger partial charge in [-0.3, -0.25) is 9.59 Å². The molecular weight excluding hydrogens is 354 g/mol. The number of piperazine rings is 1. The van der Waals surface area contributed by atoms with E-state index in [0.717, 1.165) is 0 Å². The summed E-state index contributed by atoms with van der Waals surface area (Å²) in [6, 6.07) is 3.54. The molecule has 0 saturated carbocycles. The normalized spacial score (nSPS) is 16.2. The quantitative estimate of drug-likeness (QED) is 0.590. The maximum atomic E-state index is 12.3. The third-order valence-corrected chi connectivity index (χ3v) is 3.76. The van der Waals surface area contributed by atoms with Gasteiger partial charge in [0.2, 0.25) is 11.8 Å². The van der Waals surface area contributed by atoms with E-state index in [4.69, 9.17) is 9.47 Å². The van der Waals surface area contributed by atoms with Crippen LogP contribution in [0.2, 0.25) is 0 Å². The fourth-order valence-electron chi connectivity index (χ4n) is 2.57. The molecule has 146 valence electrons. The van der Waals surface area contributed by atoms with Crippen molar-refractivity contribution in [2.75, 3.05) is 31.6 Å². The van der Waals surface area contributed by atoms with Gasteiger partial charge in [-0.05, 0) is 32.0 Å². The molecule has 3 N–H and O–H groups in total. The minimum atomic E-state index is -0.628. The highest BCUT2D eigenvalue weighted by Crippen LogP contribution is 2.18. The molecular formula is C18H23N3O6. The number of benzene rings is 1. The second kappa shape index (κ2) is 9.67. The topological polar surface area (TPSA) is 123 Å². The second-order valence-corrected chi connectivity index (χ2v) is 5.79. The third-order valence-electron chi connectivity index (χ3n) is 3.76. The zero-order valence-corrected chi connectivity index (χ0v) is 15.3. The molecule has 0 aromatic heterocycles. The summed E-state index contributed by atoms with van der Waals surface area (Å²) >= 11 is 0. The SMILES string of the molecule is CCOC(=O)c1cc(NC(=O)C[C@@H]2NCCNC2=O)cc(C(=O)OCC)c1. The fraction of sp³-hybridized carbons (Fsp3) is 0.444. The van der Waals surface area contributed by atoms with Crippen molar-refractivity contribution in [3.05, 3.63) is 29.3 Å². The summed E-state index contributed by atoms with van der Waals surface area (Å²) in [7, 11) is 0. The van der Waals surface area contributed by atoms with Gasteiger partial charge >= 0.3 is 11.9 Å². The zero-order chi connectivity index (χ0) is 19.8. The van der Waals surface area contributed by atoms with Gasteiger partial charge in [0, 0.05) is 18.8 Å². The first-order valence-corrected chi connectivity index (χ1v) is 8.74. The third kappa shape index (κ3) is 5.78. The van der Waals surface area contributed by atoms with E-state index in [2.05, 4.69) is 16.0 Å². The summed E-state index contributed by atoms with van der Waals surface area (Å²) in [6.45, 7) is 4.77. The van der Waals surface area contributed by atoms with Crippen molar-refractivity contribution in [2.45, 2.75) is 26.3 Å². The van der Waals surface area contributed by atoms with E-state index in [1.165, 1.54) is 18.2 Å². The molecule has 0 bridgehead atoms. The maximum absolute atomic E-state index is 12.3. The van der Waals surface area contributed by atoms with Crippen molar-refractivity contribution in [3.8, 4) is 0 Å². The Labute approximate surface area is 156 Å². The van der Waals surface area contributed by atoms with E-state index in [-0.39, 0.29) is 42.4 Å². The summed E-state index contributed by atoms with van der Waals surface area (Å²) in [6.07, 6.45) is -0.0792. The number of esters is 2. The first kappa shape index (κ1) is 20.4. The molecule has 0 spiro atoms. The lowest BCUT2D eigenvalue weighted by atomic mass is 10.1. The van der Waals surface area contributed by atoms with Crippen molar-refractivity contribution < 1.29 is 28.7 Å². The van der Waals surface area contributed by atoms with Crippen molar-refractivity contribution in [1.82, 2.24) is 10.6 Å². The summed E-state index contributed by atoms with van der Waals surface area (Å²) in [5, 5.41) is 8.24. The van der Waals surface area contributed by atoms with Crippen LogP contribution in [0.5, 0.6) is 0 Å². The average molecular weight is 377 g/mol. The highest BCUT2D eigenvalue weighted by molar-refractivity contribution is 6.00. The molecule has 0 radical (unpaired) electrons. The number of hydrogen-bond acceptors (Lipinski definition) is 7. The Morgan fingerprint density at radius 1 is 1.04 bits per heavy atom. The number of ether oxygens (including phenoxy) is 2. The number of hydrogen-bond donors (Lipinski definition) is 3. The molecule has 1 atom stereocenters. The Balaban J connectivity index is 2.17. The van der Waals surface area contributed by atoms with Gasteiger partial charge in [0.05, 0.1) is 36.8 Å². The van der Waals surface area contributed by atoms with Crippen molar-refractivity contribution >= 4 is 29.4 Å². The average Bonchev–Trinajstić information content (AvgIpc) is 2.63. The lowest BCUT2D eigenvalue weighted by Crippen LogP contribution is -2.53. The monoisotopic (exact) mass is 377 g/mol. The highest BCUT2D eigenvalue weighted by Gasteiger charge is 2.24. The van der Waals surface area contributed by atoms with Crippen LogP contribution in [0.4, 0.5) is 5.69 Å². The van der Waals surface area contributed by atoms with Crippen LogP contribution >= 0.6 is 0 Å². The Kier molecular flexibility index (Phi) is 7.30. The summed E-state index contributed by atoms with van der Waals surface area (Å²) in [5.41, 5.74) is 0.474. The summed E-state index contributed by atoms with van der Waals surface area (Å²) < 4.78 is 9.90. The maximum Gasteiger partial charge on any atom is 0.338 e. The molecule has 1 aliphatic rings. The molecule has 0 aliphatic carbocycles. The number of nitrogens with one attached hydrogen (secondary N) is 3. The molecule has 1 aliphatic heterocycles. The van der Waals surface area contributed by atoms with Crippen LogP contribution < -0.4 is 16.0 Å². The number of anilines is 1. The Bertz CT molecular complexity index is 698. The number of carbonyl (C=O) groups is 4. The summed E-state index contributed by atoms with van der Waals surface area (Å²) in [5.74, 6) is -1.91. The number of carbonyl (C=O) groups excluding carboxylic acids is 4. The second-order valence-electron chi connectivity index (χ2n) is 5.79. The predicted molar refractivity (Wildman–Crippen MR) is 96.4 cm³/mol. The highest BCUT2D eigenvalue weighted by atomic mass is 16.5. The van der Waals surface area contributed by atoms with E-state index in [1.54, 1.807) is 13.8 Å². The minimum Gasteiger partial charge on any atom is -0.462 e. The molecule has 27 heavy (non-hydrogen) atoms. The van der Waals surface area contributed by atoms with Gasteiger partial charge in [-0.1, -0.05) is 0 Å². The molecule has 0 unspecified atom stereocenters. The molecule has 2 amide bonds. The minimum absolute atomic E-state index is 0.0792. The van der Waals surface area contributed by atoms with Gasteiger partial charge in [-0.15, -0.1) is 0 Å². The van der Waals surface area contributed by atoms with Gasteiger partial charge in [0.25, 0.3) is 0 Å². The van der Waals surface area contributed by atoms with Gasteiger partial charge in [0.1, 0.15) is 0 Å². The van der Waals surface area contributed by atoms with Crippen LogP contribution in [-0.4, -0.2) is 56.1 Å². The van der Waals surface area contributed by atoms with Crippen LogP contribution in [0, 0.1) is 0 Å².